The fourth-order valence-electron chi connectivity index (χ4n) is 1.97. The van der Waals surface area contributed by atoms with Crippen LogP contribution in [0.3, 0.4) is 0 Å². The summed E-state index contributed by atoms with van der Waals surface area (Å²) in [5.41, 5.74) is -0.168. The molecule has 1 unspecified atom stereocenters. The van der Waals surface area contributed by atoms with Crippen LogP contribution in [0, 0.1) is 10.1 Å². The molecule has 1 aromatic carbocycles. The Morgan fingerprint density at radius 2 is 1.91 bits per heavy atom. The van der Waals surface area contributed by atoms with Crippen molar-refractivity contribution in [3.8, 4) is 0 Å². The molecule has 9 heteroatoms. The van der Waals surface area contributed by atoms with Crippen LogP contribution in [0.5, 0.6) is 0 Å². The van der Waals surface area contributed by atoms with E-state index >= 15 is 0 Å². The molecule has 1 N–H and O–H groups in total. The molecule has 1 atom stereocenters. The summed E-state index contributed by atoms with van der Waals surface area (Å²) in [6.45, 7) is 1.69. The second-order valence-corrected chi connectivity index (χ2v) is 4.77. The van der Waals surface area contributed by atoms with Crippen molar-refractivity contribution < 1.29 is 18.1 Å². The van der Waals surface area contributed by atoms with Crippen LogP contribution in [-0.4, -0.2) is 14.5 Å². The Morgan fingerprint density at radius 3 is 2.41 bits per heavy atom. The van der Waals surface area contributed by atoms with Crippen molar-refractivity contribution in [2.24, 2.45) is 7.05 Å². The Morgan fingerprint density at radius 1 is 1.32 bits per heavy atom. The minimum absolute atomic E-state index is 0.192. The van der Waals surface area contributed by atoms with Crippen molar-refractivity contribution in [1.82, 2.24) is 9.55 Å². The number of halogens is 3. The van der Waals surface area contributed by atoms with Gasteiger partial charge in [0.2, 0.25) is 12.1 Å². The number of anilines is 1. The Hall–Kier alpha value is -2.58. The first kappa shape index (κ1) is 15.8. The summed E-state index contributed by atoms with van der Waals surface area (Å²) in [6, 6.07) is 4.21. The quantitative estimate of drug-likeness (QED) is 0.692. The van der Waals surface area contributed by atoms with E-state index in [0.717, 1.165) is 12.1 Å². The van der Waals surface area contributed by atoms with Crippen LogP contribution >= 0.6 is 0 Å². The number of alkyl halides is 3. The fraction of sp³-hybridized carbons (Fsp3) is 0.308. The molecule has 0 fully saturated rings. The third-order valence-corrected chi connectivity index (χ3v) is 3.18. The van der Waals surface area contributed by atoms with E-state index in [0.29, 0.717) is 5.56 Å². The van der Waals surface area contributed by atoms with Crippen LogP contribution in [0.4, 0.5) is 24.8 Å². The normalized spacial score (nSPS) is 13.0. The SMILES string of the molecule is CC(Nc1c([N+](=O)[O-])ncn1C)c1ccc(C(F)(F)F)cc1. The third-order valence-electron chi connectivity index (χ3n) is 3.18. The van der Waals surface area contributed by atoms with Gasteiger partial charge in [0.15, 0.2) is 0 Å². The van der Waals surface area contributed by atoms with Crippen LogP contribution in [0.2, 0.25) is 0 Å². The lowest BCUT2D eigenvalue weighted by Crippen LogP contribution is -2.11. The summed E-state index contributed by atoms with van der Waals surface area (Å²) >= 11 is 0. The lowest BCUT2D eigenvalue weighted by Gasteiger charge is -2.16. The zero-order valence-corrected chi connectivity index (χ0v) is 11.8. The van der Waals surface area contributed by atoms with E-state index in [1.54, 1.807) is 14.0 Å². The Kier molecular flexibility index (Phi) is 4.07. The van der Waals surface area contributed by atoms with Gasteiger partial charge >= 0.3 is 12.0 Å². The summed E-state index contributed by atoms with van der Waals surface area (Å²) in [6.07, 6.45) is -3.10. The maximum Gasteiger partial charge on any atom is 0.416 e. The minimum Gasteiger partial charge on any atom is -0.358 e. The number of imidazole rings is 1. The maximum absolute atomic E-state index is 12.5. The van der Waals surface area contributed by atoms with E-state index < -0.39 is 22.7 Å². The second kappa shape index (κ2) is 5.66. The highest BCUT2D eigenvalue weighted by atomic mass is 19.4. The number of nitro groups is 1. The van der Waals surface area contributed by atoms with Gasteiger partial charge in [-0.05, 0) is 34.5 Å². The van der Waals surface area contributed by atoms with Gasteiger partial charge in [0.25, 0.3) is 0 Å². The van der Waals surface area contributed by atoms with Gasteiger partial charge in [-0.15, -0.1) is 0 Å². The molecule has 0 aliphatic heterocycles. The standard InChI is InChI=1S/C13H13F3N4O2/c1-8(9-3-5-10(6-4-9)13(14,15)16)18-12-11(20(21)22)17-7-19(12)2/h3-8,18H,1-2H3. The number of aryl methyl sites for hydroxylation is 1. The predicted molar refractivity (Wildman–Crippen MR) is 73.3 cm³/mol. The zero-order chi connectivity index (χ0) is 16.5. The fourth-order valence-corrected chi connectivity index (χ4v) is 1.97. The minimum atomic E-state index is -4.39. The van der Waals surface area contributed by atoms with Gasteiger partial charge in [0.05, 0.1) is 11.6 Å². The number of hydrogen-bond donors (Lipinski definition) is 1. The molecule has 0 radical (unpaired) electrons. The van der Waals surface area contributed by atoms with Crippen LogP contribution < -0.4 is 5.32 Å². The first-order chi connectivity index (χ1) is 10.2. The van der Waals surface area contributed by atoms with Crippen molar-refractivity contribution in [1.29, 1.82) is 0 Å². The van der Waals surface area contributed by atoms with Gasteiger partial charge in [-0.2, -0.15) is 13.2 Å². The van der Waals surface area contributed by atoms with Crippen molar-refractivity contribution in [2.75, 3.05) is 5.32 Å². The molecule has 1 aromatic heterocycles. The van der Waals surface area contributed by atoms with Gasteiger partial charge in [-0.3, -0.25) is 4.57 Å². The number of nitrogens with one attached hydrogen (secondary N) is 1. The third kappa shape index (κ3) is 3.18. The van der Waals surface area contributed by atoms with E-state index in [2.05, 4.69) is 10.3 Å². The largest absolute Gasteiger partial charge is 0.416 e. The molecule has 118 valence electrons. The number of nitrogens with zero attached hydrogens (tertiary/aromatic N) is 3. The second-order valence-electron chi connectivity index (χ2n) is 4.77. The Balaban J connectivity index is 2.21. The molecule has 0 aliphatic rings. The highest BCUT2D eigenvalue weighted by Crippen LogP contribution is 2.31. The Bertz CT molecular complexity index is 680. The van der Waals surface area contributed by atoms with Crippen molar-refractivity contribution in [3.63, 3.8) is 0 Å². The van der Waals surface area contributed by atoms with Crippen LogP contribution in [0.15, 0.2) is 30.6 Å². The molecule has 22 heavy (non-hydrogen) atoms. The van der Waals surface area contributed by atoms with E-state index in [4.69, 9.17) is 0 Å². The average molecular weight is 314 g/mol. The van der Waals surface area contributed by atoms with E-state index in [9.17, 15) is 23.3 Å². The van der Waals surface area contributed by atoms with Gasteiger partial charge in [0, 0.05) is 7.05 Å². The molecule has 0 spiro atoms. The Labute approximate surface area is 123 Å². The smallest absolute Gasteiger partial charge is 0.358 e. The summed E-state index contributed by atoms with van der Waals surface area (Å²) in [7, 11) is 1.59. The monoisotopic (exact) mass is 314 g/mol. The van der Waals surface area contributed by atoms with Crippen molar-refractivity contribution in [2.45, 2.75) is 19.1 Å². The number of rotatable bonds is 4. The molecular weight excluding hydrogens is 301 g/mol. The number of benzene rings is 1. The lowest BCUT2D eigenvalue weighted by molar-refractivity contribution is -0.388. The molecule has 0 amide bonds. The van der Waals surface area contributed by atoms with Gasteiger partial charge < -0.3 is 15.4 Å². The predicted octanol–water partition coefficient (Wildman–Crippen LogP) is 3.52. The van der Waals surface area contributed by atoms with Gasteiger partial charge in [0.1, 0.15) is 0 Å². The molecule has 2 aromatic rings. The molecular formula is C13H13F3N4O2. The zero-order valence-electron chi connectivity index (χ0n) is 11.8. The maximum atomic E-state index is 12.5. The van der Waals surface area contributed by atoms with Gasteiger partial charge in [-0.25, -0.2) is 0 Å². The van der Waals surface area contributed by atoms with Crippen molar-refractivity contribution >= 4 is 11.6 Å². The number of aromatic nitrogens is 2. The highest BCUT2D eigenvalue weighted by Gasteiger charge is 2.30. The molecule has 0 saturated carbocycles. The van der Waals surface area contributed by atoms with Crippen LogP contribution in [0.25, 0.3) is 0 Å². The molecule has 0 saturated heterocycles. The molecule has 6 nitrogen and oxygen atoms in total. The molecule has 0 aliphatic carbocycles. The summed E-state index contributed by atoms with van der Waals surface area (Å²) in [5, 5.41) is 13.8. The average Bonchev–Trinajstić information content (AvgIpc) is 2.79. The number of hydrogen-bond acceptors (Lipinski definition) is 4. The molecule has 0 bridgehead atoms. The summed E-state index contributed by atoms with van der Waals surface area (Å²) in [4.78, 5) is 13.9. The summed E-state index contributed by atoms with van der Waals surface area (Å²) in [5.74, 6) is -0.140. The van der Waals surface area contributed by atoms with Crippen LogP contribution in [-0.2, 0) is 13.2 Å². The summed E-state index contributed by atoms with van der Waals surface area (Å²) < 4.78 is 39.0. The first-order valence-corrected chi connectivity index (χ1v) is 6.29. The van der Waals surface area contributed by atoms with Gasteiger partial charge in [-0.1, -0.05) is 12.1 Å². The highest BCUT2D eigenvalue weighted by molar-refractivity contribution is 5.53. The van der Waals surface area contributed by atoms with E-state index in [1.165, 1.54) is 23.0 Å². The van der Waals surface area contributed by atoms with E-state index in [1.807, 2.05) is 0 Å². The topological polar surface area (TPSA) is 73.0 Å². The van der Waals surface area contributed by atoms with Crippen LogP contribution in [0.1, 0.15) is 24.1 Å². The first-order valence-electron chi connectivity index (χ1n) is 6.29. The molecule has 1 heterocycles. The lowest BCUT2D eigenvalue weighted by atomic mass is 10.1. The van der Waals surface area contributed by atoms with Crippen molar-refractivity contribution in [3.05, 3.63) is 51.8 Å². The molecule has 2 rings (SSSR count). The van der Waals surface area contributed by atoms with E-state index in [-0.39, 0.29) is 11.6 Å².